The molecule has 0 aliphatic carbocycles. The fraction of sp³-hybridized carbons (Fsp3) is 0.529. The molecule has 0 saturated carbocycles. The molecule has 0 amide bonds. The summed E-state index contributed by atoms with van der Waals surface area (Å²) in [5.74, 6) is -13.4. The number of halogens is 7. The van der Waals surface area contributed by atoms with Crippen molar-refractivity contribution in [2.24, 2.45) is 0 Å². The molecule has 29 heavy (non-hydrogen) atoms. The fourth-order valence-electron chi connectivity index (χ4n) is 1.61. The zero-order valence-corrected chi connectivity index (χ0v) is 17.9. The van der Waals surface area contributed by atoms with E-state index in [4.69, 9.17) is 4.43 Å². The number of benzene rings is 1. The lowest BCUT2D eigenvalue weighted by molar-refractivity contribution is -0.341. The van der Waals surface area contributed by atoms with E-state index < -0.39 is 54.1 Å². The lowest BCUT2D eigenvalue weighted by Gasteiger charge is -2.35. The van der Waals surface area contributed by atoms with Gasteiger partial charge in [0.05, 0.1) is 5.56 Å². The van der Waals surface area contributed by atoms with E-state index in [1.165, 1.54) is 6.07 Å². The Balaban J connectivity index is 3.08. The van der Waals surface area contributed by atoms with Crippen molar-refractivity contribution in [2.45, 2.75) is 61.8 Å². The van der Waals surface area contributed by atoms with Gasteiger partial charge < -0.3 is 4.43 Å². The summed E-state index contributed by atoms with van der Waals surface area (Å²) in [6, 6.07) is 4.34. The van der Waals surface area contributed by atoms with Gasteiger partial charge >= 0.3 is 24.0 Å². The third-order valence-electron chi connectivity index (χ3n) is 4.44. The van der Waals surface area contributed by atoms with Gasteiger partial charge in [-0.15, -0.1) is 0 Å². The third-order valence-corrected chi connectivity index (χ3v) is 9.68. The highest BCUT2D eigenvalue weighted by molar-refractivity contribution is 8.13. The van der Waals surface area contributed by atoms with Gasteiger partial charge in [0.25, 0.3) is 13.4 Å². The molecule has 0 unspecified atom stereocenters. The second-order valence-corrected chi connectivity index (χ2v) is 13.5. The number of carbonyl (C=O) groups excluding carboxylic acids is 2. The van der Waals surface area contributed by atoms with Crippen LogP contribution in [0.1, 0.15) is 31.1 Å². The minimum atomic E-state index is -6.61. The van der Waals surface area contributed by atoms with E-state index in [1.807, 2.05) is 20.8 Å². The van der Waals surface area contributed by atoms with Gasteiger partial charge in [-0.3, -0.25) is 4.79 Å². The minimum Gasteiger partial charge on any atom is -0.516 e. The van der Waals surface area contributed by atoms with Crippen LogP contribution in [0.15, 0.2) is 29.2 Å². The standard InChI is InChI=1S/C17H19F7O3SSi/c1-14(2,3)29(4,5)27-12(25)10-7-6-8-11(9-10)28-13(26)15(18,19)16(20,21)17(22,23)24/h6-9H,1-5H3. The van der Waals surface area contributed by atoms with Gasteiger partial charge in [-0.1, -0.05) is 26.8 Å². The molecule has 0 fully saturated rings. The van der Waals surface area contributed by atoms with Gasteiger partial charge in [0.2, 0.25) is 0 Å². The van der Waals surface area contributed by atoms with Crippen molar-refractivity contribution in [3.8, 4) is 0 Å². The summed E-state index contributed by atoms with van der Waals surface area (Å²) in [6.45, 7) is 9.13. The Morgan fingerprint density at radius 3 is 1.93 bits per heavy atom. The first-order valence-electron chi connectivity index (χ1n) is 8.12. The van der Waals surface area contributed by atoms with Gasteiger partial charge in [-0.2, -0.15) is 30.7 Å². The molecule has 0 spiro atoms. The molecule has 0 atom stereocenters. The monoisotopic (exact) mass is 464 g/mol. The van der Waals surface area contributed by atoms with Crippen LogP contribution in [0.3, 0.4) is 0 Å². The van der Waals surface area contributed by atoms with Crippen LogP contribution in [-0.2, 0) is 9.22 Å². The molecule has 0 aromatic heterocycles. The summed E-state index contributed by atoms with van der Waals surface area (Å²) < 4.78 is 95.0. The minimum absolute atomic E-state index is 0.154. The Bertz CT molecular complexity index is 786. The van der Waals surface area contributed by atoms with Crippen molar-refractivity contribution >= 4 is 31.2 Å². The van der Waals surface area contributed by atoms with Crippen LogP contribution in [0.4, 0.5) is 30.7 Å². The van der Waals surface area contributed by atoms with E-state index in [0.717, 1.165) is 18.2 Å². The second kappa shape index (κ2) is 7.93. The molecule has 0 aliphatic rings. The summed E-state index contributed by atoms with van der Waals surface area (Å²) in [5, 5.41) is -3.04. The third kappa shape index (κ3) is 5.33. The molecule has 1 rings (SSSR count). The largest absolute Gasteiger partial charge is 0.516 e. The highest BCUT2D eigenvalue weighted by Gasteiger charge is 2.76. The molecule has 164 valence electrons. The Morgan fingerprint density at radius 1 is 0.966 bits per heavy atom. The number of carbonyl (C=O) groups is 2. The Labute approximate surface area is 168 Å². The van der Waals surface area contributed by atoms with Crippen molar-refractivity contribution in [1.82, 2.24) is 0 Å². The van der Waals surface area contributed by atoms with Crippen LogP contribution in [0.2, 0.25) is 18.1 Å². The van der Waals surface area contributed by atoms with E-state index in [1.54, 1.807) is 13.1 Å². The Hall–Kier alpha value is -1.56. The van der Waals surface area contributed by atoms with Crippen LogP contribution in [0, 0.1) is 0 Å². The van der Waals surface area contributed by atoms with Crippen molar-refractivity contribution < 1.29 is 44.7 Å². The van der Waals surface area contributed by atoms with E-state index in [9.17, 15) is 40.3 Å². The quantitative estimate of drug-likeness (QED) is 0.291. The first-order chi connectivity index (χ1) is 12.7. The summed E-state index contributed by atoms with van der Waals surface area (Å²) in [4.78, 5) is 23.4. The summed E-state index contributed by atoms with van der Waals surface area (Å²) in [6.07, 6.45) is -6.61. The van der Waals surface area contributed by atoms with Crippen molar-refractivity contribution in [3.05, 3.63) is 29.8 Å². The van der Waals surface area contributed by atoms with E-state index in [2.05, 4.69) is 0 Å². The molecule has 0 saturated heterocycles. The first kappa shape index (κ1) is 25.5. The number of rotatable bonds is 5. The first-order valence-corrected chi connectivity index (χ1v) is 11.8. The molecular weight excluding hydrogens is 445 g/mol. The van der Waals surface area contributed by atoms with Crippen LogP contribution >= 0.6 is 11.8 Å². The number of hydrogen-bond donors (Lipinski definition) is 0. The highest BCUT2D eigenvalue weighted by Crippen LogP contribution is 2.49. The Kier molecular flexibility index (Phi) is 6.97. The number of alkyl halides is 7. The Morgan fingerprint density at radius 2 is 1.48 bits per heavy atom. The zero-order chi connectivity index (χ0) is 23.1. The predicted molar refractivity (Wildman–Crippen MR) is 95.9 cm³/mol. The summed E-state index contributed by atoms with van der Waals surface area (Å²) >= 11 is -0.517. The number of thioether (sulfide) groups is 1. The van der Waals surface area contributed by atoms with Gasteiger partial charge in [0.1, 0.15) is 0 Å². The van der Waals surface area contributed by atoms with Crippen LogP contribution in [0.5, 0.6) is 0 Å². The lowest BCUT2D eigenvalue weighted by Crippen LogP contribution is -2.55. The van der Waals surface area contributed by atoms with Gasteiger partial charge in [0.15, 0.2) is 0 Å². The smallest absolute Gasteiger partial charge is 0.460 e. The van der Waals surface area contributed by atoms with Crippen molar-refractivity contribution in [1.29, 1.82) is 0 Å². The van der Waals surface area contributed by atoms with Gasteiger partial charge in [0, 0.05) is 4.90 Å². The molecule has 0 bridgehead atoms. The summed E-state index contributed by atoms with van der Waals surface area (Å²) in [5.41, 5.74) is -0.154. The van der Waals surface area contributed by atoms with Crippen LogP contribution in [0.25, 0.3) is 0 Å². The molecular formula is C17H19F7O3SSi. The molecule has 0 radical (unpaired) electrons. The van der Waals surface area contributed by atoms with Gasteiger partial charge in [-0.25, -0.2) is 4.79 Å². The molecule has 0 aliphatic heterocycles. The lowest BCUT2D eigenvalue weighted by atomic mass is 10.2. The molecule has 1 aromatic carbocycles. The van der Waals surface area contributed by atoms with E-state index in [0.29, 0.717) is 0 Å². The molecule has 1 aromatic rings. The normalized spacial score (nSPS) is 13.9. The molecule has 0 heterocycles. The molecule has 0 N–H and O–H groups in total. The number of hydrogen-bond acceptors (Lipinski definition) is 4. The average Bonchev–Trinajstić information content (AvgIpc) is 2.52. The van der Waals surface area contributed by atoms with Crippen LogP contribution in [-0.4, -0.2) is 37.4 Å². The molecule has 3 nitrogen and oxygen atoms in total. The average molecular weight is 464 g/mol. The highest BCUT2D eigenvalue weighted by atomic mass is 32.2. The van der Waals surface area contributed by atoms with Crippen LogP contribution < -0.4 is 0 Å². The summed E-state index contributed by atoms with van der Waals surface area (Å²) in [7, 11) is -2.54. The second-order valence-electron chi connectivity index (χ2n) is 7.71. The maximum absolute atomic E-state index is 13.5. The maximum Gasteiger partial charge on any atom is 0.460 e. The molecule has 12 heteroatoms. The van der Waals surface area contributed by atoms with E-state index >= 15 is 0 Å². The maximum atomic E-state index is 13.5. The topological polar surface area (TPSA) is 43.4 Å². The fourth-order valence-corrected chi connectivity index (χ4v) is 3.30. The van der Waals surface area contributed by atoms with Gasteiger partial charge in [-0.05, 0) is 48.1 Å². The van der Waals surface area contributed by atoms with Crippen molar-refractivity contribution in [2.75, 3.05) is 0 Å². The van der Waals surface area contributed by atoms with Crippen molar-refractivity contribution in [3.63, 3.8) is 0 Å². The zero-order valence-electron chi connectivity index (χ0n) is 16.1. The SMILES string of the molecule is CC(C)(C)[Si](C)(C)OC(=O)c1cccc(SC(=O)C(F)(F)C(F)(F)C(F)(F)F)c1. The predicted octanol–water partition coefficient (Wildman–Crippen LogP) is 6.30. The van der Waals surface area contributed by atoms with E-state index in [-0.39, 0.29) is 10.6 Å².